The third-order valence-corrected chi connectivity index (χ3v) is 3.86. The minimum absolute atomic E-state index is 0.142. The summed E-state index contributed by atoms with van der Waals surface area (Å²) in [6.45, 7) is 1.33. The van der Waals surface area contributed by atoms with Crippen LogP contribution in [0.3, 0.4) is 0 Å². The predicted molar refractivity (Wildman–Crippen MR) is 80.7 cm³/mol. The summed E-state index contributed by atoms with van der Waals surface area (Å²) in [5, 5.41) is 17.8. The van der Waals surface area contributed by atoms with Crippen LogP contribution < -0.4 is 5.32 Å². The molecule has 3 rings (SSSR count). The van der Waals surface area contributed by atoms with E-state index in [1.54, 1.807) is 22.9 Å². The van der Waals surface area contributed by atoms with Crippen LogP contribution in [0.4, 0.5) is 0 Å². The largest absolute Gasteiger partial charge is 0.480 e. The Balaban J connectivity index is 2.13. The zero-order valence-corrected chi connectivity index (χ0v) is 12.6. The monoisotopic (exact) mass is 325 g/mol. The van der Waals surface area contributed by atoms with Crippen LogP contribution in [0.1, 0.15) is 11.3 Å². The molecular weight excluding hydrogens is 313 g/mol. The lowest BCUT2D eigenvalue weighted by Crippen LogP contribution is -2.25. The summed E-state index contributed by atoms with van der Waals surface area (Å²) in [4.78, 5) is 11.0. The fourth-order valence-electron chi connectivity index (χ4n) is 2.60. The van der Waals surface area contributed by atoms with E-state index in [2.05, 4.69) is 10.4 Å². The number of hydrogen-bond donors (Lipinski definition) is 2. The molecule has 2 N–H and O–H groups in total. The second kappa shape index (κ2) is 5.67. The van der Waals surface area contributed by atoms with Gasteiger partial charge in [-0.25, -0.2) is 0 Å². The van der Waals surface area contributed by atoms with Gasteiger partial charge in [0.15, 0.2) is 0 Å². The molecule has 2 aromatic rings. The van der Waals surface area contributed by atoms with Crippen LogP contribution in [-0.2, 0) is 24.3 Å². The van der Waals surface area contributed by atoms with E-state index in [0.29, 0.717) is 16.6 Å². The van der Waals surface area contributed by atoms with E-state index < -0.39 is 5.97 Å². The van der Waals surface area contributed by atoms with Gasteiger partial charge in [0.05, 0.1) is 5.69 Å². The quantitative estimate of drug-likeness (QED) is 0.910. The molecule has 0 aliphatic carbocycles. The topological polar surface area (TPSA) is 67.1 Å². The number of halogens is 2. The van der Waals surface area contributed by atoms with Crippen molar-refractivity contribution in [2.75, 3.05) is 6.54 Å². The molecule has 21 heavy (non-hydrogen) atoms. The summed E-state index contributed by atoms with van der Waals surface area (Å²) in [6, 6.07) is 5.23. The van der Waals surface area contributed by atoms with Crippen molar-refractivity contribution in [2.45, 2.75) is 19.5 Å². The van der Waals surface area contributed by atoms with Gasteiger partial charge in [0, 0.05) is 46.4 Å². The van der Waals surface area contributed by atoms with E-state index in [9.17, 15) is 4.79 Å². The molecule has 0 radical (unpaired) electrons. The van der Waals surface area contributed by atoms with Crippen LogP contribution in [0.5, 0.6) is 0 Å². The molecule has 0 spiro atoms. The van der Waals surface area contributed by atoms with Crippen molar-refractivity contribution >= 4 is 29.2 Å². The molecule has 0 fully saturated rings. The van der Waals surface area contributed by atoms with Crippen molar-refractivity contribution in [3.8, 4) is 11.3 Å². The van der Waals surface area contributed by atoms with E-state index in [4.69, 9.17) is 28.3 Å². The summed E-state index contributed by atoms with van der Waals surface area (Å²) in [7, 11) is 0. The SMILES string of the molecule is O=C(O)Cn1nc(-c2cc(Cl)cc(Cl)c2)c2c1CCNC2. The minimum atomic E-state index is -0.908. The Morgan fingerprint density at radius 2 is 2.05 bits per heavy atom. The Morgan fingerprint density at radius 1 is 1.33 bits per heavy atom. The summed E-state index contributed by atoms with van der Waals surface area (Å²) in [5.41, 5.74) is 3.52. The number of nitrogens with one attached hydrogen (secondary N) is 1. The van der Waals surface area contributed by atoms with Crippen LogP contribution >= 0.6 is 23.2 Å². The average Bonchev–Trinajstić information content (AvgIpc) is 2.76. The fourth-order valence-corrected chi connectivity index (χ4v) is 3.13. The number of carboxylic acids is 1. The normalized spacial score (nSPS) is 14.0. The highest BCUT2D eigenvalue weighted by molar-refractivity contribution is 6.35. The van der Waals surface area contributed by atoms with Gasteiger partial charge < -0.3 is 10.4 Å². The van der Waals surface area contributed by atoms with E-state index >= 15 is 0 Å². The maximum absolute atomic E-state index is 11.0. The zero-order valence-electron chi connectivity index (χ0n) is 11.1. The first-order chi connectivity index (χ1) is 10.0. The first-order valence-electron chi connectivity index (χ1n) is 6.52. The number of carbonyl (C=O) groups is 1. The molecule has 0 bridgehead atoms. The zero-order chi connectivity index (χ0) is 15.0. The maximum Gasteiger partial charge on any atom is 0.325 e. The molecule has 0 amide bonds. The van der Waals surface area contributed by atoms with Crippen molar-refractivity contribution in [2.24, 2.45) is 0 Å². The molecule has 7 heteroatoms. The summed E-state index contributed by atoms with van der Waals surface area (Å²) in [5.74, 6) is -0.908. The van der Waals surface area contributed by atoms with Gasteiger partial charge in [-0.05, 0) is 18.2 Å². The highest BCUT2D eigenvalue weighted by atomic mass is 35.5. The van der Waals surface area contributed by atoms with Crippen LogP contribution in [0.2, 0.25) is 10.0 Å². The number of hydrogen-bond acceptors (Lipinski definition) is 3. The van der Waals surface area contributed by atoms with Crippen LogP contribution in [0.25, 0.3) is 11.3 Å². The average molecular weight is 326 g/mol. The van der Waals surface area contributed by atoms with Crippen molar-refractivity contribution in [3.63, 3.8) is 0 Å². The Morgan fingerprint density at radius 3 is 2.71 bits per heavy atom. The molecule has 0 atom stereocenters. The molecular formula is C14H13Cl2N3O2. The fraction of sp³-hybridized carbons (Fsp3) is 0.286. The lowest BCUT2D eigenvalue weighted by Gasteiger charge is -2.15. The van der Waals surface area contributed by atoms with Gasteiger partial charge in [-0.15, -0.1) is 0 Å². The Hall–Kier alpha value is -1.56. The Labute approximate surface area is 131 Å². The van der Waals surface area contributed by atoms with Crippen molar-refractivity contribution in [1.29, 1.82) is 0 Å². The van der Waals surface area contributed by atoms with E-state index in [1.165, 1.54) is 0 Å². The highest BCUT2D eigenvalue weighted by Crippen LogP contribution is 2.31. The lowest BCUT2D eigenvalue weighted by atomic mass is 10.0. The van der Waals surface area contributed by atoms with Crippen LogP contribution in [0.15, 0.2) is 18.2 Å². The minimum Gasteiger partial charge on any atom is -0.480 e. The van der Waals surface area contributed by atoms with Gasteiger partial charge in [-0.1, -0.05) is 23.2 Å². The number of benzene rings is 1. The number of rotatable bonds is 3. The molecule has 1 aromatic heterocycles. The molecule has 2 heterocycles. The van der Waals surface area contributed by atoms with E-state index in [1.807, 2.05) is 0 Å². The van der Waals surface area contributed by atoms with Crippen molar-refractivity contribution in [3.05, 3.63) is 39.5 Å². The van der Waals surface area contributed by atoms with Gasteiger partial charge in [0.1, 0.15) is 6.54 Å². The van der Waals surface area contributed by atoms with Crippen molar-refractivity contribution in [1.82, 2.24) is 15.1 Å². The highest BCUT2D eigenvalue weighted by Gasteiger charge is 2.22. The lowest BCUT2D eigenvalue weighted by molar-refractivity contribution is -0.137. The van der Waals surface area contributed by atoms with E-state index in [-0.39, 0.29) is 6.54 Å². The number of aliphatic carboxylic acids is 1. The molecule has 1 aliphatic heterocycles. The predicted octanol–water partition coefficient (Wildman–Crippen LogP) is 2.59. The van der Waals surface area contributed by atoms with Gasteiger partial charge in [0.25, 0.3) is 0 Å². The first kappa shape index (κ1) is 14.4. The maximum atomic E-state index is 11.0. The second-order valence-corrected chi connectivity index (χ2v) is 5.78. The number of aromatic nitrogens is 2. The number of nitrogens with zero attached hydrogens (tertiary/aromatic N) is 2. The second-order valence-electron chi connectivity index (χ2n) is 4.91. The number of carboxylic acid groups (broad SMARTS) is 1. The van der Waals surface area contributed by atoms with Crippen LogP contribution in [-0.4, -0.2) is 27.4 Å². The standard InChI is InChI=1S/C14H13Cl2N3O2/c15-9-3-8(4-10(16)5-9)14-11-6-17-2-1-12(11)19(18-14)7-13(20)21/h3-5,17H,1-2,6-7H2,(H,20,21). The van der Waals surface area contributed by atoms with Gasteiger partial charge in [-0.2, -0.15) is 5.10 Å². The first-order valence-corrected chi connectivity index (χ1v) is 7.27. The summed E-state index contributed by atoms with van der Waals surface area (Å²) in [6.07, 6.45) is 0.754. The third kappa shape index (κ3) is 2.90. The molecule has 0 saturated heterocycles. The smallest absolute Gasteiger partial charge is 0.325 e. The summed E-state index contributed by atoms with van der Waals surface area (Å²) >= 11 is 12.1. The molecule has 110 valence electrons. The van der Waals surface area contributed by atoms with Gasteiger partial charge in [-0.3, -0.25) is 9.48 Å². The molecule has 0 saturated carbocycles. The Kier molecular flexibility index (Phi) is 3.89. The third-order valence-electron chi connectivity index (χ3n) is 3.43. The molecule has 1 aromatic carbocycles. The van der Waals surface area contributed by atoms with Crippen LogP contribution in [0, 0.1) is 0 Å². The molecule has 0 unspecified atom stereocenters. The summed E-state index contributed by atoms with van der Waals surface area (Å²) < 4.78 is 1.56. The Bertz CT molecular complexity index is 692. The molecule has 1 aliphatic rings. The van der Waals surface area contributed by atoms with Crippen molar-refractivity contribution < 1.29 is 9.90 Å². The number of fused-ring (bicyclic) bond motifs is 1. The van der Waals surface area contributed by atoms with E-state index in [0.717, 1.165) is 35.5 Å². The molecule has 5 nitrogen and oxygen atoms in total. The van der Waals surface area contributed by atoms with Gasteiger partial charge >= 0.3 is 5.97 Å². The van der Waals surface area contributed by atoms with Gasteiger partial charge in [0.2, 0.25) is 0 Å².